The van der Waals surface area contributed by atoms with Crippen LogP contribution < -0.4 is 0 Å². The minimum absolute atomic E-state index is 0.790. The Morgan fingerprint density at radius 3 is 2.25 bits per heavy atom. The molecule has 2 rings (SSSR count). The van der Waals surface area contributed by atoms with Gasteiger partial charge in [0, 0.05) is 10.4 Å². The van der Waals surface area contributed by atoms with E-state index in [0.717, 1.165) is 21.4 Å². The maximum Gasteiger partial charge on any atom is 0.0484 e. The van der Waals surface area contributed by atoms with Crippen LogP contribution in [0.3, 0.4) is 0 Å². The van der Waals surface area contributed by atoms with E-state index in [1.807, 2.05) is 36.4 Å². The summed E-state index contributed by atoms with van der Waals surface area (Å²) in [7, 11) is 0. The van der Waals surface area contributed by atoms with Crippen molar-refractivity contribution in [1.82, 2.24) is 0 Å². The smallest absolute Gasteiger partial charge is 0.0484 e. The van der Waals surface area contributed by atoms with Crippen molar-refractivity contribution in [2.75, 3.05) is 0 Å². The molecule has 0 saturated carbocycles. The summed E-state index contributed by atoms with van der Waals surface area (Å²) in [6.45, 7) is 3.93. The van der Waals surface area contributed by atoms with Crippen LogP contribution in [0.2, 0.25) is 5.02 Å². The molecule has 0 spiro atoms. The molecule has 2 aromatic rings. The second-order valence-electron chi connectivity index (χ2n) is 2.75. The van der Waals surface area contributed by atoms with E-state index in [1.165, 1.54) is 0 Å². The molecular formula is C11H8Cl. The zero-order valence-electron chi connectivity index (χ0n) is 6.55. The SMILES string of the molecule is [CH2]c1ccc(Cl)c2ccccc12. The molecule has 1 radical (unpaired) electrons. The van der Waals surface area contributed by atoms with Gasteiger partial charge in [-0.2, -0.15) is 0 Å². The summed E-state index contributed by atoms with van der Waals surface area (Å²) in [4.78, 5) is 0. The number of fused-ring (bicyclic) bond motifs is 1. The molecule has 0 saturated heterocycles. The Bertz CT molecular complexity index is 378. The lowest BCUT2D eigenvalue weighted by Crippen LogP contribution is -1.77. The molecule has 0 amide bonds. The topological polar surface area (TPSA) is 0 Å². The molecule has 0 aromatic heterocycles. The van der Waals surface area contributed by atoms with E-state index in [2.05, 4.69) is 6.92 Å². The number of hydrogen-bond acceptors (Lipinski definition) is 0. The van der Waals surface area contributed by atoms with Crippen LogP contribution in [-0.2, 0) is 0 Å². The van der Waals surface area contributed by atoms with Gasteiger partial charge in [-0.15, -0.1) is 0 Å². The molecule has 0 aliphatic heterocycles. The molecule has 0 bridgehead atoms. The van der Waals surface area contributed by atoms with E-state index in [0.29, 0.717) is 0 Å². The molecule has 0 aliphatic carbocycles. The van der Waals surface area contributed by atoms with Crippen LogP contribution in [0.5, 0.6) is 0 Å². The van der Waals surface area contributed by atoms with Gasteiger partial charge >= 0.3 is 0 Å². The van der Waals surface area contributed by atoms with Gasteiger partial charge in [-0.3, -0.25) is 0 Å². The van der Waals surface area contributed by atoms with Crippen molar-refractivity contribution in [2.45, 2.75) is 0 Å². The van der Waals surface area contributed by atoms with Gasteiger partial charge in [-0.1, -0.05) is 41.9 Å². The molecule has 0 aliphatic rings. The first kappa shape index (κ1) is 7.63. The van der Waals surface area contributed by atoms with Gasteiger partial charge in [0.1, 0.15) is 0 Å². The largest absolute Gasteiger partial charge is 0.0837 e. The second kappa shape index (κ2) is 2.80. The highest BCUT2D eigenvalue weighted by atomic mass is 35.5. The highest BCUT2D eigenvalue weighted by molar-refractivity contribution is 6.35. The third kappa shape index (κ3) is 1.09. The molecule has 12 heavy (non-hydrogen) atoms. The molecule has 0 atom stereocenters. The Morgan fingerprint density at radius 2 is 1.58 bits per heavy atom. The zero-order valence-corrected chi connectivity index (χ0v) is 7.31. The van der Waals surface area contributed by atoms with Crippen LogP contribution in [0, 0.1) is 6.92 Å². The minimum Gasteiger partial charge on any atom is -0.0837 e. The number of hydrogen-bond donors (Lipinski definition) is 0. The summed E-state index contributed by atoms with van der Waals surface area (Å²) >= 11 is 6.00. The predicted molar refractivity (Wildman–Crippen MR) is 53.4 cm³/mol. The summed E-state index contributed by atoms with van der Waals surface area (Å²) in [6.07, 6.45) is 0. The van der Waals surface area contributed by atoms with Crippen molar-refractivity contribution >= 4 is 22.4 Å². The van der Waals surface area contributed by atoms with Crippen molar-refractivity contribution in [1.29, 1.82) is 0 Å². The molecule has 59 valence electrons. The van der Waals surface area contributed by atoms with Gasteiger partial charge in [-0.05, 0) is 23.9 Å². The van der Waals surface area contributed by atoms with Gasteiger partial charge in [-0.25, -0.2) is 0 Å². The lowest BCUT2D eigenvalue weighted by molar-refractivity contribution is 1.67. The second-order valence-corrected chi connectivity index (χ2v) is 3.16. The summed E-state index contributed by atoms with van der Waals surface area (Å²) in [5.41, 5.74) is 1.02. The molecule has 0 heterocycles. The van der Waals surface area contributed by atoms with Crippen molar-refractivity contribution in [3.05, 3.63) is 53.9 Å². The van der Waals surface area contributed by atoms with Crippen LogP contribution >= 0.6 is 11.6 Å². The number of halogens is 1. The van der Waals surface area contributed by atoms with Crippen LogP contribution in [0.25, 0.3) is 10.8 Å². The van der Waals surface area contributed by atoms with E-state index < -0.39 is 0 Å². The Morgan fingerprint density at radius 1 is 0.917 bits per heavy atom. The number of benzene rings is 2. The maximum atomic E-state index is 6.00. The van der Waals surface area contributed by atoms with Crippen molar-refractivity contribution in [3.8, 4) is 0 Å². The third-order valence-electron chi connectivity index (χ3n) is 1.96. The summed E-state index contributed by atoms with van der Waals surface area (Å²) in [6, 6.07) is 11.8. The fourth-order valence-corrected chi connectivity index (χ4v) is 1.55. The third-order valence-corrected chi connectivity index (χ3v) is 2.29. The highest BCUT2D eigenvalue weighted by Gasteiger charge is 1.98. The van der Waals surface area contributed by atoms with Gasteiger partial charge < -0.3 is 0 Å². The van der Waals surface area contributed by atoms with Crippen LogP contribution in [-0.4, -0.2) is 0 Å². The normalized spacial score (nSPS) is 10.5. The van der Waals surface area contributed by atoms with Crippen molar-refractivity contribution in [2.24, 2.45) is 0 Å². The lowest BCUT2D eigenvalue weighted by atomic mass is 10.1. The van der Waals surface area contributed by atoms with Gasteiger partial charge in [0.05, 0.1) is 0 Å². The first-order chi connectivity index (χ1) is 5.79. The highest BCUT2D eigenvalue weighted by Crippen LogP contribution is 2.25. The molecule has 0 nitrogen and oxygen atoms in total. The number of rotatable bonds is 0. The molecule has 0 unspecified atom stereocenters. The molecule has 0 N–H and O–H groups in total. The van der Waals surface area contributed by atoms with Crippen molar-refractivity contribution < 1.29 is 0 Å². The van der Waals surface area contributed by atoms with E-state index in [1.54, 1.807) is 0 Å². The van der Waals surface area contributed by atoms with E-state index >= 15 is 0 Å². The Balaban J connectivity index is 2.95. The fraction of sp³-hybridized carbons (Fsp3) is 0. The average molecular weight is 176 g/mol. The van der Waals surface area contributed by atoms with Gasteiger partial charge in [0.25, 0.3) is 0 Å². The van der Waals surface area contributed by atoms with E-state index in [-0.39, 0.29) is 0 Å². The van der Waals surface area contributed by atoms with Gasteiger partial charge in [0.2, 0.25) is 0 Å². The first-order valence-electron chi connectivity index (χ1n) is 3.78. The monoisotopic (exact) mass is 175 g/mol. The van der Waals surface area contributed by atoms with Gasteiger partial charge in [0.15, 0.2) is 0 Å². The summed E-state index contributed by atoms with van der Waals surface area (Å²) < 4.78 is 0. The Hall–Kier alpha value is -1.01. The molecule has 2 aromatic carbocycles. The quantitative estimate of drug-likeness (QED) is 0.573. The zero-order chi connectivity index (χ0) is 8.55. The predicted octanol–water partition coefficient (Wildman–Crippen LogP) is 3.68. The molecular weight excluding hydrogens is 168 g/mol. The van der Waals surface area contributed by atoms with Crippen LogP contribution in [0.4, 0.5) is 0 Å². The molecule has 1 heteroatoms. The van der Waals surface area contributed by atoms with E-state index in [4.69, 9.17) is 11.6 Å². The fourth-order valence-electron chi connectivity index (χ4n) is 1.32. The summed E-state index contributed by atoms with van der Waals surface area (Å²) in [5, 5.41) is 3.00. The lowest BCUT2D eigenvalue weighted by Gasteiger charge is -2.02. The average Bonchev–Trinajstić information content (AvgIpc) is 2.12. The maximum absolute atomic E-state index is 6.00. The molecule has 0 fully saturated rings. The first-order valence-corrected chi connectivity index (χ1v) is 4.16. The van der Waals surface area contributed by atoms with Crippen LogP contribution in [0.15, 0.2) is 36.4 Å². The Kier molecular flexibility index (Phi) is 1.78. The summed E-state index contributed by atoms with van der Waals surface area (Å²) in [5.74, 6) is 0. The minimum atomic E-state index is 0.790. The van der Waals surface area contributed by atoms with Crippen molar-refractivity contribution in [3.63, 3.8) is 0 Å². The Labute approximate surface area is 76.8 Å². The van der Waals surface area contributed by atoms with E-state index in [9.17, 15) is 0 Å². The standard InChI is InChI=1S/C11H8Cl/c1-8-6-7-11(12)10-5-3-2-4-9(8)10/h2-7H,1H2. The van der Waals surface area contributed by atoms with Crippen LogP contribution in [0.1, 0.15) is 5.56 Å².